The average molecular weight is 220 g/mol. The molecule has 0 amide bonds. The molecule has 2 atom stereocenters. The van der Waals surface area contributed by atoms with Crippen molar-refractivity contribution < 1.29 is 15.0 Å². The van der Waals surface area contributed by atoms with E-state index in [1.807, 2.05) is 0 Å². The van der Waals surface area contributed by atoms with E-state index in [1.54, 1.807) is 14.1 Å². The zero-order valence-electron chi connectivity index (χ0n) is 7.20. The standard InChI is InChI=1S/C7H14ClNO3.Na.H/c1-9(2)6(7(11)12)3-5(10)4-8;;/h5-6,10H,3-4H2,1-2H3,(H,11,12);;. The Morgan fingerprint density at radius 3 is 2.23 bits per heavy atom. The van der Waals surface area contributed by atoms with Crippen molar-refractivity contribution in [2.75, 3.05) is 20.0 Å². The van der Waals surface area contributed by atoms with Crippen LogP contribution in [0.2, 0.25) is 0 Å². The quantitative estimate of drug-likeness (QED) is 0.476. The van der Waals surface area contributed by atoms with E-state index >= 15 is 0 Å². The molecule has 0 heterocycles. The summed E-state index contributed by atoms with van der Waals surface area (Å²) in [5.74, 6) is -0.874. The Morgan fingerprint density at radius 2 is 2.00 bits per heavy atom. The Bertz CT molecular complexity index is 157. The molecule has 0 aromatic rings. The third kappa shape index (κ3) is 6.71. The number of carbonyl (C=O) groups is 1. The van der Waals surface area contributed by atoms with Gasteiger partial charge in [-0.1, -0.05) is 0 Å². The van der Waals surface area contributed by atoms with Crippen LogP contribution in [0.25, 0.3) is 0 Å². The van der Waals surface area contributed by atoms with Crippen LogP contribution >= 0.6 is 11.6 Å². The fourth-order valence-corrected chi connectivity index (χ4v) is 0.979. The molecule has 0 radical (unpaired) electrons. The molecule has 0 saturated carbocycles. The zero-order valence-corrected chi connectivity index (χ0v) is 7.95. The number of hydrogen-bond acceptors (Lipinski definition) is 3. The number of carboxylic acids is 1. The van der Waals surface area contributed by atoms with Gasteiger partial charge in [0.15, 0.2) is 0 Å². The topological polar surface area (TPSA) is 60.8 Å². The van der Waals surface area contributed by atoms with Crippen LogP contribution in [-0.2, 0) is 4.79 Å². The summed E-state index contributed by atoms with van der Waals surface area (Å²) in [6, 6.07) is -0.668. The van der Waals surface area contributed by atoms with E-state index in [4.69, 9.17) is 21.8 Å². The van der Waals surface area contributed by atoms with E-state index in [2.05, 4.69) is 0 Å². The molecule has 0 aromatic heterocycles. The number of nitrogens with zero attached hydrogens (tertiary/aromatic N) is 1. The molecular formula is C7H15ClNNaO3. The van der Waals surface area contributed by atoms with Crippen LogP contribution in [0.5, 0.6) is 0 Å². The summed E-state index contributed by atoms with van der Waals surface area (Å²) < 4.78 is 0. The van der Waals surface area contributed by atoms with Crippen LogP contribution in [-0.4, -0.2) is 82.8 Å². The summed E-state index contributed by atoms with van der Waals surface area (Å²) in [5.41, 5.74) is 0. The molecule has 0 aliphatic rings. The molecule has 0 bridgehead atoms. The first-order chi connectivity index (χ1) is 5.49. The molecule has 0 aliphatic carbocycles. The number of alkyl halides is 1. The van der Waals surface area contributed by atoms with Crippen LogP contribution in [0, 0.1) is 0 Å². The molecule has 13 heavy (non-hydrogen) atoms. The SMILES string of the molecule is CN(C)C(CC(O)CCl)C(=O)O.[NaH]. The normalized spacial score (nSPS) is 14.8. The van der Waals surface area contributed by atoms with Crippen molar-refractivity contribution in [2.24, 2.45) is 0 Å². The molecule has 6 heteroatoms. The van der Waals surface area contributed by atoms with Gasteiger partial charge in [-0.25, -0.2) is 0 Å². The van der Waals surface area contributed by atoms with Crippen LogP contribution in [0.1, 0.15) is 6.42 Å². The molecular weight excluding hydrogens is 205 g/mol. The van der Waals surface area contributed by atoms with Gasteiger partial charge in [0.25, 0.3) is 0 Å². The summed E-state index contributed by atoms with van der Waals surface area (Å²) in [6.07, 6.45) is -0.596. The van der Waals surface area contributed by atoms with Gasteiger partial charge in [-0.15, -0.1) is 11.6 Å². The van der Waals surface area contributed by atoms with Gasteiger partial charge in [-0.3, -0.25) is 9.69 Å². The van der Waals surface area contributed by atoms with Gasteiger partial charge >= 0.3 is 35.5 Å². The fourth-order valence-electron chi connectivity index (χ4n) is 0.853. The molecule has 2 N–H and O–H groups in total. The van der Waals surface area contributed by atoms with Crippen LogP contribution in [0.3, 0.4) is 0 Å². The molecule has 0 saturated heterocycles. The van der Waals surface area contributed by atoms with E-state index < -0.39 is 18.1 Å². The Kier molecular flexibility index (Phi) is 9.96. The third-order valence-corrected chi connectivity index (χ3v) is 1.94. The number of halogens is 1. The van der Waals surface area contributed by atoms with Gasteiger partial charge in [-0.2, -0.15) is 0 Å². The summed E-state index contributed by atoms with van der Waals surface area (Å²) in [7, 11) is 3.31. The van der Waals surface area contributed by atoms with Gasteiger partial charge in [-0.05, 0) is 14.1 Å². The van der Waals surface area contributed by atoms with Crippen molar-refractivity contribution in [1.82, 2.24) is 4.90 Å². The van der Waals surface area contributed by atoms with Crippen molar-refractivity contribution in [2.45, 2.75) is 18.6 Å². The van der Waals surface area contributed by atoms with Crippen molar-refractivity contribution in [3.8, 4) is 0 Å². The number of carboxylic acid groups (broad SMARTS) is 1. The predicted molar refractivity (Wildman–Crippen MR) is 53.6 cm³/mol. The monoisotopic (exact) mass is 219 g/mol. The van der Waals surface area contributed by atoms with Crippen LogP contribution in [0.4, 0.5) is 0 Å². The summed E-state index contributed by atoms with van der Waals surface area (Å²) >= 11 is 5.34. The first-order valence-electron chi connectivity index (χ1n) is 3.62. The Hall–Kier alpha value is 0.680. The van der Waals surface area contributed by atoms with E-state index in [-0.39, 0.29) is 41.9 Å². The van der Waals surface area contributed by atoms with E-state index in [0.29, 0.717) is 0 Å². The summed E-state index contributed by atoms with van der Waals surface area (Å²) in [5, 5.41) is 17.8. The first-order valence-corrected chi connectivity index (χ1v) is 4.15. The Morgan fingerprint density at radius 1 is 1.54 bits per heavy atom. The minimum atomic E-state index is -0.941. The Labute approximate surface area is 105 Å². The minimum absolute atomic E-state index is 0. The van der Waals surface area contributed by atoms with Crippen molar-refractivity contribution in [3.05, 3.63) is 0 Å². The molecule has 74 valence electrons. The predicted octanol–water partition coefficient (Wildman–Crippen LogP) is -0.657. The summed E-state index contributed by atoms with van der Waals surface area (Å²) in [4.78, 5) is 12.1. The van der Waals surface area contributed by atoms with Crippen LogP contribution < -0.4 is 0 Å². The number of rotatable bonds is 5. The van der Waals surface area contributed by atoms with E-state index in [1.165, 1.54) is 4.90 Å². The Balaban J connectivity index is 0. The number of aliphatic carboxylic acids is 1. The second kappa shape index (κ2) is 8.03. The second-order valence-corrected chi connectivity index (χ2v) is 3.17. The van der Waals surface area contributed by atoms with Gasteiger partial charge < -0.3 is 10.2 Å². The molecule has 2 unspecified atom stereocenters. The van der Waals surface area contributed by atoms with Gasteiger partial charge in [0.1, 0.15) is 6.04 Å². The van der Waals surface area contributed by atoms with Crippen molar-refractivity contribution >= 4 is 47.1 Å². The van der Waals surface area contributed by atoms with E-state index in [0.717, 1.165) is 0 Å². The second-order valence-electron chi connectivity index (χ2n) is 2.86. The molecule has 0 aromatic carbocycles. The summed E-state index contributed by atoms with van der Waals surface area (Å²) in [6.45, 7) is 0. The molecule has 0 rings (SSSR count). The maximum atomic E-state index is 10.6. The maximum absolute atomic E-state index is 10.6. The zero-order chi connectivity index (χ0) is 9.72. The molecule has 0 aliphatic heterocycles. The van der Waals surface area contributed by atoms with Crippen molar-refractivity contribution in [1.29, 1.82) is 0 Å². The average Bonchev–Trinajstić information content (AvgIpc) is 1.98. The molecule has 4 nitrogen and oxygen atoms in total. The van der Waals surface area contributed by atoms with E-state index in [9.17, 15) is 4.79 Å². The van der Waals surface area contributed by atoms with Gasteiger partial charge in [0.2, 0.25) is 0 Å². The first kappa shape index (κ1) is 16.1. The number of aliphatic hydroxyl groups excluding tert-OH is 1. The van der Waals surface area contributed by atoms with Gasteiger partial charge in [0.05, 0.1) is 6.10 Å². The molecule has 0 spiro atoms. The third-order valence-electron chi connectivity index (χ3n) is 1.58. The number of aliphatic hydroxyl groups is 1. The van der Waals surface area contributed by atoms with Gasteiger partial charge in [0, 0.05) is 12.3 Å². The van der Waals surface area contributed by atoms with Crippen LogP contribution in [0.15, 0.2) is 0 Å². The fraction of sp³-hybridized carbons (Fsp3) is 0.857. The molecule has 0 fully saturated rings. The number of hydrogen-bond donors (Lipinski definition) is 2. The van der Waals surface area contributed by atoms with Crippen molar-refractivity contribution in [3.63, 3.8) is 0 Å². The number of likely N-dealkylation sites (N-methyl/N-ethyl adjacent to an activating group) is 1.